The van der Waals surface area contributed by atoms with E-state index in [1.165, 1.54) is 24.0 Å². The Bertz CT molecular complexity index is 641. The Kier molecular flexibility index (Phi) is 7.00. The fourth-order valence-corrected chi connectivity index (χ4v) is 4.30. The van der Waals surface area contributed by atoms with E-state index in [0.717, 1.165) is 37.6 Å². The van der Waals surface area contributed by atoms with Crippen LogP contribution < -0.4 is 14.8 Å². The van der Waals surface area contributed by atoms with Crippen molar-refractivity contribution < 1.29 is 14.3 Å². The Morgan fingerprint density at radius 2 is 1.78 bits per heavy atom. The number of ether oxygens (including phenoxy) is 2. The summed E-state index contributed by atoms with van der Waals surface area (Å²) >= 11 is 0. The second-order valence-corrected chi connectivity index (χ2v) is 7.77. The van der Waals surface area contributed by atoms with Gasteiger partial charge in [-0.1, -0.05) is 6.92 Å². The van der Waals surface area contributed by atoms with Gasteiger partial charge in [0.15, 0.2) is 11.5 Å². The topological polar surface area (TPSA) is 50.8 Å². The summed E-state index contributed by atoms with van der Waals surface area (Å²) in [6, 6.07) is 4.17. The van der Waals surface area contributed by atoms with Crippen LogP contribution in [-0.2, 0) is 17.8 Å². The van der Waals surface area contributed by atoms with Gasteiger partial charge in [-0.15, -0.1) is 0 Å². The predicted molar refractivity (Wildman–Crippen MR) is 107 cm³/mol. The van der Waals surface area contributed by atoms with Gasteiger partial charge in [0.05, 0.1) is 13.2 Å². The van der Waals surface area contributed by atoms with E-state index >= 15 is 0 Å². The van der Waals surface area contributed by atoms with Gasteiger partial charge < -0.3 is 19.7 Å². The quantitative estimate of drug-likeness (QED) is 0.795. The number of piperidine rings is 1. The number of rotatable bonds is 7. The summed E-state index contributed by atoms with van der Waals surface area (Å²) in [6.07, 6.45) is 3.93. The van der Waals surface area contributed by atoms with Crippen LogP contribution in [0.25, 0.3) is 0 Å². The number of nitrogens with one attached hydrogen (secondary N) is 1. The number of hydrogen-bond acceptors (Lipinski definition) is 4. The molecule has 0 aliphatic carbocycles. The highest BCUT2D eigenvalue weighted by Gasteiger charge is 2.27. The molecule has 1 unspecified atom stereocenters. The van der Waals surface area contributed by atoms with Crippen molar-refractivity contribution in [1.82, 2.24) is 10.2 Å². The molecule has 5 nitrogen and oxygen atoms in total. The number of carbonyl (C=O) groups is 1. The van der Waals surface area contributed by atoms with E-state index in [0.29, 0.717) is 43.9 Å². The zero-order valence-electron chi connectivity index (χ0n) is 17.1. The van der Waals surface area contributed by atoms with Crippen LogP contribution in [0, 0.1) is 11.8 Å². The summed E-state index contributed by atoms with van der Waals surface area (Å²) in [4.78, 5) is 14.9. The average Bonchev–Trinajstić information content (AvgIpc) is 2.69. The summed E-state index contributed by atoms with van der Waals surface area (Å²) in [5, 5.41) is 3.41. The molecule has 1 amide bonds. The lowest BCUT2D eigenvalue weighted by Gasteiger charge is -2.33. The first-order chi connectivity index (χ1) is 13.1. The molecule has 0 aromatic heterocycles. The molecule has 1 atom stereocenters. The second kappa shape index (κ2) is 9.45. The SMILES string of the molecule is CCOc1cc2c(cc1OCC)CN(C(=O)CC(C)C1CCNCC1)CC2. The molecule has 0 spiro atoms. The van der Waals surface area contributed by atoms with Crippen LogP contribution in [0.4, 0.5) is 0 Å². The molecule has 150 valence electrons. The van der Waals surface area contributed by atoms with Gasteiger partial charge in [-0.2, -0.15) is 0 Å². The molecule has 0 saturated carbocycles. The third-order valence-corrected chi connectivity index (χ3v) is 5.92. The summed E-state index contributed by atoms with van der Waals surface area (Å²) in [5.41, 5.74) is 2.47. The third kappa shape index (κ3) is 4.95. The number of benzene rings is 1. The van der Waals surface area contributed by atoms with Crippen LogP contribution in [0.3, 0.4) is 0 Å². The Hall–Kier alpha value is -1.75. The number of fused-ring (bicyclic) bond motifs is 1. The maximum Gasteiger partial charge on any atom is 0.223 e. The van der Waals surface area contributed by atoms with Gasteiger partial charge in [0.1, 0.15) is 0 Å². The second-order valence-electron chi connectivity index (χ2n) is 7.77. The minimum atomic E-state index is 0.290. The molecule has 2 heterocycles. The van der Waals surface area contributed by atoms with Crippen LogP contribution in [0.2, 0.25) is 0 Å². The highest BCUT2D eigenvalue weighted by Crippen LogP contribution is 2.34. The molecule has 5 heteroatoms. The molecule has 0 bridgehead atoms. The van der Waals surface area contributed by atoms with Gasteiger partial charge in [0.25, 0.3) is 0 Å². The van der Waals surface area contributed by atoms with E-state index in [-0.39, 0.29) is 0 Å². The first-order valence-corrected chi connectivity index (χ1v) is 10.5. The van der Waals surface area contributed by atoms with Crippen LogP contribution in [0.15, 0.2) is 12.1 Å². The fraction of sp³-hybridized carbons (Fsp3) is 0.682. The molecule has 1 N–H and O–H groups in total. The minimum Gasteiger partial charge on any atom is -0.490 e. The molecule has 3 rings (SSSR count). The number of amides is 1. The number of carbonyl (C=O) groups excluding carboxylic acids is 1. The van der Waals surface area contributed by atoms with Gasteiger partial charge in [-0.3, -0.25) is 4.79 Å². The van der Waals surface area contributed by atoms with Gasteiger partial charge in [0, 0.05) is 19.5 Å². The Labute approximate surface area is 163 Å². The van der Waals surface area contributed by atoms with Gasteiger partial charge >= 0.3 is 0 Å². The Morgan fingerprint density at radius 3 is 2.41 bits per heavy atom. The Morgan fingerprint density at radius 1 is 1.15 bits per heavy atom. The molecule has 1 fully saturated rings. The maximum absolute atomic E-state index is 12.9. The maximum atomic E-state index is 12.9. The first-order valence-electron chi connectivity index (χ1n) is 10.5. The predicted octanol–water partition coefficient (Wildman–Crippen LogP) is 3.39. The highest BCUT2D eigenvalue weighted by atomic mass is 16.5. The van der Waals surface area contributed by atoms with E-state index in [2.05, 4.69) is 24.4 Å². The van der Waals surface area contributed by atoms with Crippen LogP contribution in [-0.4, -0.2) is 43.7 Å². The van der Waals surface area contributed by atoms with Crippen LogP contribution >= 0.6 is 0 Å². The van der Waals surface area contributed by atoms with Gasteiger partial charge in [0.2, 0.25) is 5.91 Å². The van der Waals surface area contributed by atoms with E-state index in [1.807, 2.05) is 18.7 Å². The van der Waals surface area contributed by atoms with Gasteiger partial charge in [-0.25, -0.2) is 0 Å². The zero-order chi connectivity index (χ0) is 19.2. The lowest BCUT2D eigenvalue weighted by atomic mass is 9.83. The molecule has 27 heavy (non-hydrogen) atoms. The van der Waals surface area contributed by atoms with E-state index in [1.54, 1.807) is 0 Å². The molecule has 1 saturated heterocycles. The molecular formula is C22H34N2O3. The summed E-state index contributed by atoms with van der Waals surface area (Å²) < 4.78 is 11.5. The van der Waals surface area contributed by atoms with Crippen molar-refractivity contribution in [3.8, 4) is 11.5 Å². The lowest BCUT2D eigenvalue weighted by Crippen LogP contribution is -2.38. The minimum absolute atomic E-state index is 0.290. The molecule has 0 radical (unpaired) electrons. The molecular weight excluding hydrogens is 340 g/mol. The molecule has 1 aromatic carbocycles. The lowest BCUT2D eigenvalue weighted by molar-refractivity contribution is -0.133. The van der Waals surface area contributed by atoms with Crippen molar-refractivity contribution in [1.29, 1.82) is 0 Å². The molecule has 2 aliphatic rings. The molecule has 1 aromatic rings. The normalized spacial score (nSPS) is 18.7. The summed E-state index contributed by atoms with van der Waals surface area (Å²) in [7, 11) is 0. The van der Waals surface area contributed by atoms with Crippen molar-refractivity contribution in [2.45, 2.75) is 53.0 Å². The fourth-order valence-electron chi connectivity index (χ4n) is 4.30. The van der Waals surface area contributed by atoms with Crippen molar-refractivity contribution in [3.05, 3.63) is 23.3 Å². The largest absolute Gasteiger partial charge is 0.490 e. The monoisotopic (exact) mass is 374 g/mol. The summed E-state index contributed by atoms with van der Waals surface area (Å²) in [5.74, 6) is 3.03. The number of hydrogen-bond donors (Lipinski definition) is 1. The third-order valence-electron chi connectivity index (χ3n) is 5.92. The summed E-state index contributed by atoms with van der Waals surface area (Å²) in [6.45, 7) is 11.1. The highest BCUT2D eigenvalue weighted by molar-refractivity contribution is 5.77. The van der Waals surface area contributed by atoms with E-state index < -0.39 is 0 Å². The van der Waals surface area contributed by atoms with Crippen LogP contribution in [0.1, 0.15) is 51.2 Å². The average molecular weight is 375 g/mol. The molecule has 2 aliphatic heterocycles. The van der Waals surface area contributed by atoms with Gasteiger partial charge in [-0.05, 0) is 81.3 Å². The van der Waals surface area contributed by atoms with E-state index in [9.17, 15) is 4.79 Å². The Balaban J connectivity index is 1.65. The van der Waals surface area contributed by atoms with Crippen LogP contribution in [0.5, 0.6) is 11.5 Å². The zero-order valence-corrected chi connectivity index (χ0v) is 17.1. The van der Waals surface area contributed by atoms with Crippen molar-refractivity contribution in [2.24, 2.45) is 11.8 Å². The first kappa shape index (κ1) is 20.0. The van der Waals surface area contributed by atoms with Crippen molar-refractivity contribution in [2.75, 3.05) is 32.8 Å². The van der Waals surface area contributed by atoms with Crippen molar-refractivity contribution >= 4 is 5.91 Å². The smallest absolute Gasteiger partial charge is 0.223 e. The number of nitrogens with zero attached hydrogens (tertiary/aromatic N) is 1. The van der Waals surface area contributed by atoms with Crippen molar-refractivity contribution in [3.63, 3.8) is 0 Å². The van der Waals surface area contributed by atoms with E-state index in [4.69, 9.17) is 9.47 Å². The standard InChI is InChI=1S/C22H34N2O3/c1-4-26-20-13-18-8-11-24(15-19(18)14-21(20)27-5-2)22(25)12-16(3)17-6-9-23-10-7-17/h13-14,16-17,23H,4-12,15H2,1-3H3.